The van der Waals surface area contributed by atoms with E-state index in [-0.39, 0.29) is 24.2 Å². The summed E-state index contributed by atoms with van der Waals surface area (Å²) in [6.45, 7) is 3.90. The lowest BCUT2D eigenvalue weighted by atomic mass is 10.1. The fourth-order valence-corrected chi connectivity index (χ4v) is 4.30. The van der Waals surface area contributed by atoms with Gasteiger partial charge in [-0.15, -0.1) is 0 Å². The first-order valence-corrected chi connectivity index (χ1v) is 10.7. The van der Waals surface area contributed by atoms with E-state index in [4.69, 9.17) is 14.4 Å². The van der Waals surface area contributed by atoms with Crippen LogP contribution in [0.2, 0.25) is 0 Å². The average molecular weight is 454 g/mol. The molecule has 2 aliphatic heterocycles. The molecule has 1 fully saturated rings. The van der Waals surface area contributed by atoms with Crippen molar-refractivity contribution >= 4 is 5.84 Å². The molecule has 0 aliphatic carbocycles. The predicted molar refractivity (Wildman–Crippen MR) is 117 cm³/mol. The molecule has 0 amide bonds. The van der Waals surface area contributed by atoms with Crippen molar-refractivity contribution in [3.8, 4) is 11.4 Å². The maximum absolute atomic E-state index is 14.9. The molecule has 0 bridgehead atoms. The van der Waals surface area contributed by atoms with E-state index in [1.54, 1.807) is 40.9 Å². The van der Waals surface area contributed by atoms with E-state index in [0.29, 0.717) is 48.2 Å². The first-order chi connectivity index (χ1) is 16.0. The number of benzene rings is 1. The molecule has 0 saturated carbocycles. The number of nitrogens with zero attached hydrogens (tertiary/aromatic N) is 6. The zero-order chi connectivity index (χ0) is 22.9. The highest BCUT2D eigenvalue weighted by atomic mass is 19.1. The summed E-state index contributed by atoms with van der Waals surface area (Å²) in [5.74, 6) is -0.145. The van der Waals surface area contributed by atoms with Crippen LogP contribution >= 0.6 is 0 Å². The molecule has 8 nitrogen and oxygen atoms in total. The smallest absolute Gasteiger partial charge is 0.157 e. The molecule has 0 spiro atoms. The molecule has 172 valence electrons. The number of rotatable bonds is 5. The Morgan fingerprint density at radius 2 is 2.00 bits per heavy atom. The minimum Gasteiger partial charge on any atom is -0.379 e. The lowest BCUT2D eigenvalue weighted by Crippen LogP contribution is -2.57. The zero-order valence-electron chi connectivity index (χ0n) is 18.4. The van der Waals surface area contributed by atoms with Gasteiger partial charge in [-0.1, -0.05) is 23.4 Å². The summed E-state index contributed by atoms with van der Waals surface area (Å²) < 4.78 is 41.4. The van der Waals surface area contributed by atoms with Crippen LogP contribution in [0.3, 0.4) is 0 Å². The van der Waals surface area contributed by atoms with Crippen molar-refractivity contribution in [1.82, 2.24) is 24.7 Å². The van der Waals surface area contributed by atoms with E-state index in [1.165, 1.54) is 18.5 Å². The number of aliphatic imine (C=N–C) groups is 1. The van der Waals surface area contributed by atoms with Gasteiger partial charge in [0.25, 0.3) is 0 Å². The van der Waals surface area contributed by atoms with Crippen LogP contribution in [0.4, 0.5) is 8.78 Å². The maximum Gasteiger partial charge on any atom is 0.157 e. The Labute approximate surface area is 189 Å². The minimum atomic E-state index is -0.608. The highest BCUT2D eigenvalue weighted by Crippen LogP contribution is 2.28. The van der Waals surface area contributed by atoms with Crippen LogP contribution < -0.4 is 0 Å². The van der Waals surface area contributed by atoms with Gasteiger partial charge in [-0.3, -0.25) is 9.58 Å². The van der Waals surface area contributed by atoms with Gasteiger partial charge in [0.2, 0.25) is 0 Å². The Hall–Kier alpha value is -3.37. The Balaban J connectivity index is 1.52. The van der Waals surface area contributed by atoms with E-state index in [2.05, 4.69) is 15.0 Å². The van der Waals surface area contributed by atoms with Crippen molar-refractivity contribution < 1.29 is 18.0 Å². The molecule has 0 N–H and O–H groups in total. The van der Waals surface area contributed by atoms with Crippen molar-refractivity contribution in [2.75, 3.05) is 26.8 Å². The number of aromatic nitrogens is 3. The van der Waals surface area contributed by atoms with E-state index >= 15 is 0 Å². The summed E-state index contributed by atoms with van der Waals surface area (Å²) >= 11 is 0. The SMILES string of the molecule is CC1COCCN1C1C(F)=CN=C(c2cc(-c3ccon3)n(Cc3ccccc3F)n2)N1C. The normalized spacial score (nSPS) is 21.8. The molecule has 1 saturated heterocycles. The van der Waals surface area contributed by atoms with Gasteiger partial charge in [0.1, 0.15) is 29.6 Å². The standard InChI is InChI=1S/C23H24F2N6O2/c1-15-14-32-10-8-30(15)23-18(25)12-26-22(29(23)2)20-11-21(19-7-9-33-28-19)31(27-20)13-16-5-3-4-6-17(16)24/h3-7,9,11-12,15,23H,8,10,13-14H2,1-2H3. The first kappa shape index (κ1) is 21.5. The number of hydrogen-bond donors (Lipinski definition) is 0. The van der Waals surface area contributed by atoms with E-state index in [1.807, 2.05) is 13.0 Å². The first-order valence-electron chi connectivity index (χ1n) is 10.7. The number of morpholine rings is 1. The van der Waals surface area contributed by atoms with Gasteiger partial charge in [0.15, 0.2) is 11.7 Å². The molecular weight excluding hydrogens is 430 g/mol. The Bertz CT molecular complexity index is 1190. The molecular formula is C23H24F2N6O2. The minimum absolute atomic E-state index is 0.0500. The summed E-state index contributed by atoms with van der Waals surface area (Å²) in [7, 11) is 1.80. The molecule has 10 heteroatoms. The van der Waals surface area contributed by atoms with Crippen molar-refractivity contribution in [2.24, 2.45) is 4.99 Å². The second kappa shape index (κ2) is 8.87. The molecule has 0 radical (unpaired) electrons. The quantitative estimate of drug-likeness (QED) is 0.589. The summed E-state index contributed by atoms with van der Waals surface area (Å²) in [4.78, 5) is 8.18. The molecule has 2 aromatic heterocycles. The molecule has 2 aliphatic rings. The number of amidine groups is 1. The van der Waals surface area contributed by atoms with Crippen molar-refractivity contribution in [3.63, 3.8) is 0 Å². The van der Waals surface area contributed by atoms with Crippen LogP contribution in [-0.2, 0) is 11.3 Å². The molecule has 3 aromatic rings. The third-order valence-electron chi connectivity index (χ3n) is 5.98. The molecule has 33 heavy (non-hydrogen) atoms. The average Bonchev–Trinajstić information content (AvgIpc) is 3.47. The van der Waals surface area contributed by atoms with Crippen LogP contribution in [0.15, 0.2) is 64.2 Å². The summed E-state index contributed by atoms with van der Waals surface area (Å²) in [6.07, 6.45) is 2.10. The van der Waals surface area contributed by atoms with E-state index < -0.39 is 6.17 Å². The fraction of sp³-hybridized carbons (Fsp3) is 0.348. The number of halogens is 2. The van der Waals surface area contributed by atoms with E-state index in [0.717, 1.165) is 0 Å². The summed E-state index contributed by atoms with van der Waals surface area (Å²) in [5, 5.41) is 8.72. The van der Waals surface area contributed by atoms with Crippen LogP contribution in [0.1, 0.15) is 18.2 Å². The van der Waals surface area contributed by atoms with Gasteiger partial charge in [-0.05, 0) is 19.1 Å². The second-order valence-corrected chi connectivity index (χ2v) is 8.16. The van der Waals surface area contributed by atoms with Gasteiger partial charge in [0.05, 0.1) is 31.7 Å². The molecule has 5 rings (SSSR count). The zero-order valence-corrected chi connectivity index (χ0v) is 18.4. The van der Waals surface area contributed by atoms with Crippen LogP contribution in [0, 0.1) is 5.82 Å². The number of hydrogen-bond acceptors (Lipinski definition) is 7. The van der Waals surface area contributed by atoms with Crippen molar-refractivity contribution in [3.05, 3.63) is 71.8 Å². The van der Waals surface area contributed by atoms with Crippen molar-refractivity contribution in [2.45, 2.75) is 25.7 Å². The highest BCUT2D eigenvalue weighted by Gasteiger charge is 2.37. The van der Waals surface area contributed by atoms with Gasteiger partial charge in [-0.2, -0.15) is 5.10 Å². The predicted octanol–water partition coefficient (Wildman–Crippen LogP) is 3.28. The van der Waals surface area contributed by atoms with Crippen LogP contribution in [-0.4, -0.2) is 69.6 Å². The van der Waals surface area contributed by atoms with Gasteiger partial charge in [-0.25, -0.2) is 13.8 Å². The lowest BCUT2D eigenvalue weighted by Gasteiger charge is -2.44. The van der Waals surface area contributed by atoms with Gasteiger partial charge < -0.3 is 14.2 Å². The summed E-state index contributed by atoms with van der Waals surface area (Å²) in [6, 6.07) is 10.1. The molecule has 2 unspecified atom stereocenters. The highest BCUT2D eigenvalue weighted by molar-refractivity contribution is 5.99. The second-order valence-electron chi connectivity index (χ2n) is 8.16. The van der Waals surface area contributed by atoms with Crippen molar-refractivity contribution in [1.29, 1.82) is 0 Å². The number of likely N-dealkylation sites (N-methyl/N-ethyl adjacent to an activating group) is 1. The third-order valence-corrected chi connectivity index (χ3v) is 5.98. The Morgan fingerprint density at radius 1 is 1.15 bits per heavy atom. The largest absolute Gasteiger partial charge is 0.379 e. The molecule has 4 heterocycles. The van der Waals surface area contributed by atoms with Gasteiger partial charge in [0, 0.05) is 31.3 Å². The molecule has 1 aromatic carbocycles. The fourth-order valence-electron chi connectivity index (χ4n) is 4.30. The third kappa shape index (κ3) is 4.07. The maximum atomic E-state index is 14.9. The monoisotopic (exact) mass is 454 g/mol. The lowest BCUT2D eigenvalue weighted by molar-refractivity contribution is -0.0416. The van der Waals surface area contributed by atoms with E-state index in [9.17, 15) is 8.78 Å². The van der Waals surface area contributed by atoms with Crippen LogP contribution in [0.25, 0.3) is 11.4 Å². The molecule has 2 atom stereocenters. The van der Waals surface area contributed by atoms with Crippen LogP contribution in [0.5, 0.6) is 0 Å². The topological polar surface area (TPSA) is 71.9 Å². The number of ether oxygens (including phenoxy) is 1. The van der Waals surface area contributed by atoms with Gasteiger partial charge >= 0.3 is 0 Å². The Kier molecular flexibility index (Phi) is 5.77. The summed E-state index contributed by atoms with van der Waals surface area (Å²) in [5.41, 5.74) is 2.22. The Morgan fingerprint density at radius 3 is 2.76 bits per heavy atom.